The SMILES string of the molecule is CCSCCC(C)Nc1nc2cc(C(F)(F)F)ccc2s1. The number of fused-ring (bicyclic) bond motifs is 1. The molecule has 2 aromatic rings. The second-order valence-corrected chi connectivity index (χ2v) is 7.15. The molecule has 0 radical (unpaired) electrons. The molecule has 1 N–H and O–H groups in total. The number of halogens is 3. The smallest absolute Gasteiger partial charge is 0.359 e. The number of alkyl halides is 3. The molecule has 0 aliphatic carbocycles. The summed E-state index contributed by atoms with van der Waals surface area (Å²) < 4.78 is 38.8. The van der Waals surface area contributed by atoms with E-state index in [9.17, 15) is 13.2 Å². The summed E-state index contributed by atoms with van der Waals surface area (Å²) in [5.74, 6) is 2.15. The van der Waals surface area contributed by atoms with Crippen molar-refractivity contribution >= 4 is 38.4 Å². The van der Waals surface area contributed by atoms with Gasteiger partial charge in [-0.25, -0.2) is 4.98 Å². The van der Waals surface area contributed by atoms with Crippen molar-refractivity contribution in [3.8, 4) is 0 Å². The summed E-state index contributed by atoms with van der Waals surface area (Å²) in [4.78, 5) is 4.26. The van der Waals surface area contributed by atoms with Crippen LogP contribution in [0.25, 0.3) is 10.2 Å². The molecule has 1 heterocycles. The van der Waals surface area contributed by atoms with Gasteiger partial charge in [-0.2, -0.15) is 24.9 Å². The lowest BCUT2D eigenvalue weighted by molar-refractivity contribution is -0.137. The molecule has 0 saturated carbocycles. The molecule has 2 rings (SSSR count). The summed E-state index contributed by atoms with van der Waals surface area (Å²) in [5, 5.41) is 3.94. The largest absolute Gasteiger partial charge is 0.416 e. The molecule has 0 fully saturated rings. The summed E-state index contributed by atoms with van der Waals surface area (Å²) in [6, 6.07) is 3.95. The van der Waals surface area contributed by atoms with Crippen LogP contribution < -0.4 is 5.32 Å². The van der Waals surface area contributed by atoms with Crippen molar-refractivity contribution in [1.82, 2.24) is 4.98 Å². The van der Waals surface area contributed by atoms with Crippen molar-refractivity contribution in [3.05, 3.63) is 23.8 Å². The lowest BCUT2D eigenvalue weighted by Crippen LogP contribution is -2.15. The maximum absolute atomic E-state index is 12.7. The molecule has 116 valence electrons. The molecule has 0 spiro atoms. The monoisotopic (exact) mass is 334 g/mol. The van der Waals surface area contributed by atoms with Gasteiger partial charge in [0.05, 0.1) is 15.8 Å². The zero-order chi connectivity index (χ0) is 15.5. The Balaban J connectivity index is 2.08. The molecular formula is C14H17F3N2S2. The molecular weight excluding hydrogens is 317 g/mol. The number of anilines is 1. The summed E-state index contributed by atoms with van der Waals surface area (Å²) >= 11 is 3.26. The van der Waals surface area contributed by atoms with E-state index >= 15 is 0 Å². The lowest BCUT2D eigenvalue weighted by Gasteiger charge is -2.11. The van der Waals surface area contributed by atoms with E-state index in [4.69, 9.17) is 0 Å². The Kier molecular flexibility index (Phi) is 5.37. The van der Waals surface area contributed by atoms with Crippen LogP contribution in [0.3, 0.4) is 0 Å². The number of thiazole rings is 1. The van der Waals surface area contributed by atoms with Crippen LogP contribution in [0, 0.1) is 0 Å². The van der Waals surface area contributed by atoms with Crippen molar-refractivity contribution in [2.75, 3.05) is 16.8 Å². The minimum atomic E-state index is -4.32. The average molecular weight is 334 g/mol. The number of nitrogens with one attached hydrogen (secondary N) is 1. The van der Waals surface area contributed by atoms with Crippen LogP contribution in [0.5, 0.6) is 0 Å². The number of hydrogen-bond acceptors (Lipinski definition) is 4. The van der Waals surface area contributed by atoms with Crippen molar-refractivity contribution in [3.63, 3.8) is 0 Å². The zero-order valence-corrected chi connectivity index (χ0v) is 13.5. The van der Waals surface area contributed by atoms with Crippen LogP contribution in [0.4, 0.5) is 18.3 Å². The Labute approximate surface area is 130 Å². The number of aromatic nitrogens is 1. The van der Waals surface area contributed by atoms with Gasteiger partial charge in [-0.3, -0.25) is 0 Å². The first-order valence-electron chi connectivity index (χ1n) is 6.72. The molecule has 1 unspecified atom stereocenters. The van der Waals surface area contributed by atoms with Crippen LogP contribution in [0.2, 0.25) is 0 Å². The summed E-state index contributed by atoms with van der Waals surface area (Å²) in [6.45, 7) is 4.18. The Hall–Kier alpha value is -0.950. The minimum absolute atomic E-state index is 0.256. The molecule has 21 heavy (non-hydrogen) atoms. The van der Waals surface area contributed by atoms with Gasteiger partial charge in [0.25, 0.3) is 0 Å². The third-order valence-corrected chi connectivity index (χ3v) is 4.88. The van der Waals surface area contributed by atoms with Gasteiger partial charge >= 0.3 is 6.18 Å². The molecule has 0 bridgehead atoms. The molecule has 2 nitrogen and oxygen atoms in total. The van der Waals surface area contributed by atoms with Crippen LogP contribution >= 0.6 is 23.1 Å². The van der Waals surface area contributed by atoms with Gasteiger partial charge in [-0.05, 0) is 43.0 Å². The Bertz CT molecular complexity index is 595. The highest BCUT2D eigenvalue weighted by Gasteiger charge is 2.30. The van der Waals surface area contributed by atoms with Crippen molar-refractivity contribution in [2.45, 2.75) is 32.5 Å². The minimum Gasteiger partial charge on any atom is -0.359 e. The van der Waals surface area contributed by atoms with E-state index in [1.807, 2.05) is 11.8 Å². The summed E-state index contributed by atoms with van der Waals surface area (Å²) in [5.41, 5.74) is -0.258. The first kappa shape index (κ1) is 16.4. The number of thioether (sulfide) groups is 1. The van der Waals surface area contributed by atoms with Crippen LogP contribution in [0.1, 0.15) is 25.8 Å². The highest BCUT2D eigenvalue weighted by Crippen LogP contribution is 2.34. The maximum Gasteiger partial charge on any atom is 0.416 e. The van der Waals surface area contributed by atoms with Crippen LogP contribution in [0.15, 0.2) is 18.2 Å². The first-order valence-corrected chi connectivity index (χ1v) is 8.69. The van der Waals surface area contributed by atoms with E-state index in [-0.39, 0.29) is 6.04 Å². The molecule has 0 saturated heterocycles. The highest BCUT2D eigenvalue weighted by atomic mass is 32.2. The van der Waals surface area contributed by atoms with Crippen molar-refractivity contribution < 1.29 is 13.2 Å². The van der Waals surface area contributed by atoms with E-state index in [2.05, 4.69) is 24.1 Å². The Morgan fingerprint density at radius 3 is 2.81 bits per heavy atom. The Morgan fingerprint density at radius 2 is 2.14 bits per heavy atom. The fourth-order valence-electron chi connectivity index (χ4n) is 1.85. The molecule has 0 amide bonds. The van der Waals surface area contributed by atoms with Gasteiger partial charge in [0.2, 0.25) is 0 Å². The van der Waals surface area contributed by atoms with E-state index < -0.39 is 11.7 Å². The van der Waals surface area contributed by atoms with Gasteiger partial charge in [0, 0.05) is 6.04 Å². The fourth-order valence-corrected chi connectivity index (χ4v) is 3.62. The summed E-state index contributed by atoms with van der Waals surface area (Å²) in [6.07, 6.45) is -3.32. The van der Waals surface area contributed by atoms with E-state index in [0.717, 1.165) is 34.8 Å². The number of nitrogens with zero attached hydrogens (tertiary/aromatic N) is 1. The quantitative estimate of drug-likeness (QED) is 0.730. The second kappa shape index (κ2) is 6.87. The number of benzene rings is 1. The standard InChI is InChI=1S/C14H17F3N2S2/c1-3-20-7-6-9(2)18-13-19-11-8-10(14(15,16)17)4-5-12(11)21-13/h4-5,8-9H,3,6-7H2,1-2H3,(H,18,19). The van der Waals surface area contributed by atoms with E-state index in [0.29, 0.717) is 10.6 Å². The topological polar surface area (TPSA) is 24.9 Å². The predicted octanol–water partition coefficient (Wildman–Crippen LogP) is 5.26. The number of rotatable bonds is 6. The Morgan fingerprint density at radius 1 is 1.38 bits per heavy atom. The third-order valence-electron chi connectivity index (χ3n) is 2.98. The second-order valence-electron chi connectivity index (χ2n) is 4.73. The molecule has 0 aliphatic rings. The van der Waals surface area contributed by atoms with Gasteiger partial charge in [0.15, 0.2) is 5.13 Å². The normalized spacial score (nSPS) is 13.6. The average Bonchev–Trinajstić information content (AvgIpc) is 2.78. The third kappa shape index (κ3) is 4.51. The molecule has 1 aromatic carbocycles. The zero-order valence-electron chi connectivity index (χ0n) is 11.8. The molecule has 1 atom stereocenters. The van der Waals surface area contributed by atoms with Gasteiger partial charge in [-0.1, -0.05) is 18.3 Å². The summed E-state index contributed by atoms with van der Waals surface area (Å²) in [7, 11) is 0. The van der Waals surface area contributed by atoms with E-state index in [1.165, 1.54) is 17.4 Å². The van der Waals surface area contributed by atoms with Gasteiger partial charge in [0.1, 0.15) is 0 Å². The first-order chi connectivity index (χ1) is 9.90. The van der Waals surface area contributed by atoms with Crippen LogP contribution in [-0.4, -0.2) is 22.5 Å². The maximum atomic E-state index is 12.7. The molecule has 0 aliphatic heterocycles. The van der Waals surface area contributed by atoms with Crippen LogP contribution in [-0.2, 0) is 6.18 Å². The fraction of sp³-hybridized carbons (Fsp3) is 0.500. The van der Waals surface area contributed by atoms with Gasteiger partial charge < -0.3 is 5.32 Å². The van der Waals surface area contributed by atoms with Crippen molar-refractivity contribution in [2.24, 2.45) is 0 Å². The lowest BCUT2D eigenvalue weighted by atomic mass is 10.2. The highest BCUT2D eigenvalue weighted by molar-refractivity contribution is 7.99. The van der Waals surface area contributed by atoms with Gasteiger partial charge in [-0.15, -0.1) is 0 Å². The molecule has 7 heteroatoms. The molecule has 1 aromatic heterocycles. The van der Waals surface area contributed by atoms with Crippen molar-refractivity contribution in [1.29, 1.82) is 0 Å². The number of hydrogen-bond donors (Lipinski definition) is 1. The van der Waals surface area contributed by atoms with E-state index in [1.54, 1.807) is 0 Å². The predicted molar refractivity (Wildman–Crippen MR) is 85.3 cm³/mol.